The zero-order valence-corrected chi connectivity index (χ0v) is 8.77. The third kappa shape index (κ3) is 5.00. The first-order chi connectivity index (χ1) is 4.85. The minimum absolute atomic E-state index is 0.481. The normalized spacial score (nSPS) is 13.5. The highest BCUT2D eigenvalue weighted by molar-refractivity contribution is 6.55. The Morgan fingerprint density at radius 1 is 1.10 bits per heavy atom. The van der Waals surface area contributed by atoms with Gasteiger partial charge in [-0.3, -0.25) is 0 Å². The van der Waals surface area contributed by atoms with Crippen LogP contribution in [-0.4, -0.2) is 16.0 Å². The second-order valence-corrected chi connectivity index (χ2v) is 6.04. The molecule has 0 aromatic heterocycles. The molecule has 0 amide bonds. The Morgan fingerprint density at radius 2 is 1.80 bits per heavy atom. The number of rotatable bonds is 6. The van der Waals surface area contributed by atoms with Gasteiger partial charge < -0.3 is 4.98 Å². The highest BCUT2D eigenvalue weighted by atomic mass is 28.3. The molecular weight excluding hydrogens is 138 g/mol. The van der Waals surface area contributed by atoms with Gasteiger partial charge in [-0.1, -0.05) is 33.1 Å². The quantitative estimate of drug-likeness (QED) is 0.586. The molecule has 1 nitrogen and oxygen atoms in total. The summed E-state index contributed by atoms with van der Waals surface area (Å²) in [7, 11) is 1.65. The van der Waals surface area contributed by atoms with E-state index in [9.17, 15) is 0 Å². The van der Waals surface area contributed by atoms with E-state index >= 15 is 0 Å². The summed E-state index contributed by atoms with van der Waals surface area (Å²) in [5, 5.41) is 0. The van der Waals surface area contributed by atoms with Crippen molar-refractivity contribution in [1.82, 2.24) is 4.98 Å². The minimum Gasteiger partial charge on any atom is -0.342 e. The molecule has 0 saturated heterocycles. The largest absolute Gasteiger partial charge is 0.342 e. The zero-order chi connectivity index (χ0) is 7.82. The smallest absolute Gasteiger partial charge is 0.108 e. The molecule has 0 aliphatic heterocycles. The van der Waals surface area contributed by atoms with Crippen LogP contribution in [0.1, 0.15) is 33.1 Å². The molecule has 0 radical (unpaired) electrons. The van der Waals surface area contributed by atoms with Crippen LogP contribution >= 0.6 is 0 Å². The first kappa shape index (κ1) is 10.2. The molecule has 62 valence electrons. The van der Waals surface area contributed by atoms with Gasteiger partial charge in [0.15, 0.2) is 0 Å². The van der Waals surface area contributed by atoms with Crippen LogP contribution in [0.3, 0.4) is 0 Å². The van der Waals surface area contributed by atoms with E-state index in [0.29, 0.717) is 0 Å². The number of nitrogens with one attached hydrogen (secondary N) is 1. The van der Waals surface area contributed by atoms with Gasteiger partial charge in [0.05, 0.1) is 0 Å². The number of hydrogen-bond donors (Lipinski definition) is 1. The first-order valence-corrected chi connectivity index (χ1v) is 6.73. The van der Waals surface area contributed by atoms with Gasteiger partial charge in [0.2, 0.25) is 0 Å². The molecule has 10 heavy (non-hydrogen) atoms. The van der Waals surface area contributed by atoms with Crippen molar-refractivity contribution >= 4 is 8.96 Å². The van der Waals surface area contributed by atoms with Crippen LogP contribution in [0.2, 0.25) is 12.1 Å². The highest BCUT2D eigenvalue weighted by Crippen LogP contribution is 2.04. The van der Waals surface area contributed by atoms with E-state index in [0.717, 1.165) is 0 Å². The Morgan fingerprint density at radius 3 is 2.20 bits per heavy atom. The van der Waals surface area contributed by atoms with Crippen LogP contribution in [-0.2, 0) is 0 Å². The SMILES string of the molecule is CCCC[SiH](CCC)NC. The molecule has 0 heterocycles. The molecule has 1 N–H and O–H groups in total. The molecular formula is C8H21NSi. The second-order valence-electron chi connectivity index (χ2n) is 2.92. The summed E-state index contributed by atoms with van der Waals surface area (Å²) in [4.78, 5) is 3.48. The molecule has 0 aliphatic rings. The van der Waals surface area contributed by atoms with Crippen LogP contribution in [0, 0.1) is 0 Å². The zero-order valence-electron chi connectivity index (χ0n) is 7.61. The lowest BCUT2D eigenvalue weighted by atomic mass is 10.4. The van der Waals surface area contributed by atoms with E-state index in [4.69, 9.17) is 0 Å². The lowest BCUT2D eigenvalue weighted by Crippen LogP contribution is -2.29. The van der Waals surface area contributed by atoms with Gasteiger partial charge in [0.25, 0.3) is 0 Å². The molecule has 0 aromatic carbocycles. The van der Waals surface area contributed by atoms with Crippen molar-refractivity contribution in [2.45, 2.75) is 45.2 Å². The molecule has 1 atom stereocenters. The van der Waals surface area contributed by atoms with E-state index in [1.54, 1.807) is 0 Å². The second kappa shape index (κ2) is 7.29. The standard InChI is InChI=1S/C8H21NSi/c1-4-6-8-10(9-3)7-5-2/h9-10H,4-8H2,1-3H3. The van der Waals surface area contributed by atoms with Crippen molar-refractivity contribution in [2.24, 2.45) is 0 Å². The van der Waals surface area contributed by atoms with Crippen molar-refractivity contribution < 1.29 is 0 Å². The molecule has 0 rings (SSSR count). The van der Waals surface area contributed by atoms with Crippen molar-refractivity contribution in [2.75, 3.05) is 7.05 Å². The maximum Gasteiger partial charge on any atom is 0.108 e. The van der Waals surface area contributed by atoms with Crippen LogP contribution in [0.15, 0.2) is 0 Å². The Bertz CT molecular complexity index is 66.3. The van der Waals surface area contributed by atoms with Gasteiger partial charge in [-0.15, -0.1) is 0 Å². The maximum absolute atomic E-state index is 3.48. The third-order valence-electron chi connectivity index (χ3n) is 1.95. The molecule has 2 heteroatoms. The fraction of sp³-hybridized carbons (Fsp3) is 1.00. The van der Waals surface area contributed by atoms with Gasteiger partial charge in [-0.25, -0.2) is 0 Å². The summed E-state index contributed by atoms with van der Waals surface area (Å²) in [6.07, 6.45) is 4.15. The van der Waals surface area contributed by atoms with Gasteiger partial charge in [-0.05, 0) is 19.1 Å². The molecule has 1 unspecified atom stereocenters. The minimum atomic E-state index is -0.481. The molecule has 0 aromatic rings. The molecule has 0 saturated carbocycles. The maximum atomic E-state index is 3.48. The Labute approximate surface area is 66.9 Å². The summed E-state index contributed by atoms with van der Waals surface area (Å²) < 4.78 is 0. The number of hydrogen-bond acceptors (Lipinski definition) is 1. The molecule has 0 fully saturated rings. The van der Waals surface area contributed by atoms with E-state index in [1.165, 1.54) is 31.4 Å². The third-order valence-corrected chi connectivity index (χ3v) is 5.15. The molecule has 0 bridgehead atoms. The lowest BCUT2D eigenvalue weighted by Gasteiger charge is -2.11. The Hall–Kier alpha value is 0.177. The molecule has 0 aliphatic carbocycles. The monoisotopic (exact) mass is 159 g/mol. The van der Waals surface area contributed by atoms with E-state index < -0.39 is 8.96 Å². The van der Waals surface area contributed by atoms with Crippen molar-refractivity contribution in [3.8, 4) is 0 Å². The van der Waals surface area contributed by atoms with E-state index in [-0.39, 0.29) is 0 Å². The van der Waals surface area contributed by atoms with E-state index in [2.05, 4.69) is 25.9 Å². The fourth-order valence-corrected chi connectivity index (χ4v) is 3.70. The number of unbranched alkanes of at least 4 members (excludes halogenated alkanes) is 1. The summed E-state index contributed by atoms with van der Waals surface area (Å²) in [5.74, 6) is 0. The van der Waals surface area contributed by atoms with Gasteiger partial charge in [0, 0.05) is 0 Å². The fourth-order valence-electron chi connectivity index (χ4n) is 1.23. The van der Waals surface area contributed by atoms with Crippen molar-refractivity contribution in [3.63, 3.8) is 0 Å². The van der Waals surface area contributed by atoms with Crippen LogP contribution in [0.5, 0.6) is 0 Å². The lowest BCUT2D eigenvalue weighted by molar-refractivity contribution is 0.853. The Balaban J connectivity index is 3.21. The van der Waals surface area contributed by atoms with Gasteiger partial charge in [0.1, 0.15) is 8.96 Å². The topological polar surface area (TPSA) is 12.0 Å². The highest BCUT2D eigenvalue weighted by Gasteiger charge is 2.04. The average Bonchev–Trinajstić information content (AvgIpc) is 1.98. The van der Waals surface area contributed by atoms with Crippen molar-refractivity contribution in [1.29, 1.82) is 0 Å². The van der Waals surface area contributed by atoms with Crippen LogP contribution < -0.4 is 4.98 Å². The summed E-state index contributed by atoms with van der Waals surface area (Å²) in [6.45, 7) is 4.55. The molecule has 0 spiro atoms. The first-order valence-electron chi connectivity index (χ1n) is 4.52. The van der Waals surface area contributed by atoms with Gasteiger partial charge in [-0.2, -0.15) is 0 Å². The Kier molecular flexibility index (Phi) is 7.41. The van der Waals surface area contributed by atoms with Gasteiger partial charge >= 0.3 is 0 Å². The summed E-state index contributed by atoms with van der Waals surface area (Å²) in [5.41, 5.74) is 0. The summed E-state index contributed by atoms with van der Waals surface area (Å²) in [6, 6.07) is 2.96. The summed E-state index contributed by atoms with van der Waals surface area (Å²) >= 11 is 0. The van der Waals surface area contributed by atoms with E-state index in [1.807, 2.05) is 0 Å². The average molecular weight is 159 g/mol. The van der Waals surface area contributed by atoms with Crippen LogP contribution in [0.4, 0.5) is 0 Å². The predicted molar refractivity (Wildman–Crippen MR) is 51.0 cm³/mol. The van der Waals surface area contributed by atoms with Crippen molar-refractivity contribution in [3.05, 3.63) is 0 Å². The van der Waals surface area contributed by atoms with Crippen LogP contribution in [0.25, 0.3) is 0 Å². The predicted octanol–water partition coefficient (Wildman–Crippen LogP) is 2.14.